The Morgan fingerprint density at radius 1 is 1.03 bits per heavy atom. The SMILES string of the molecule is Cc1nn(Cc2ccc(C(=O)N3CCN(Cc4cccc(F)c4)CC3)cc2)c(C)c1[N+](=O)[O-]. The zero-order valence-corrected chi connectivity index (χ0v) is 18.7. The first kappa shape index (κ1) is 22.6. The molecule has 1 fully saturated rings. The zero-order valence-electron chi connectivity index (χ0n) is 18.7. The van der Waals surface area contributed by atoms with Gasteiger partial charge in [-0.25, -0.2) is 4.39 Å². The van der Waals surface area contributed by atoms with Gasteiger partial charge in [-0.2, -0.15) is 5.10 Å². The fraction of sp³-hybridized carbons (Fsp3) is 0.333. The number of aryl methyl sites for hydroxylation is 1. The van der Waals surface area contributed by atoms with Gasteiger partial charge in [0.15, 0.2) is 0 Å². The summed E-state index contributed by atoms with van der Waals surface area (Å²) in [4.78, 5) is 27.8. The molecule has 33 heavy (non-hydrogen) atoms. The van der Waals surface area contributed by atoms with Gasteiger partial charge in [-0.15, -0.1) is 0 Å². The summed E-state index contributed by atoms with van der Waals surface area (Å²) in [5.74, 6) is -0.255. The van der Waals surface area contributed by atoms with Crippen molar-refractivity contribution in [1.29, 1.82) is 0 Å². The number of nitro groups is 1. The Morgan fingerprint density at radius 3 is 2.33 bits per heavy atom. The number of amides is 1. The number of carbonyl (C=O) groups excluding carboxylic acids is 1. The van der Waals surface area contributed by atoms with Crippen LogP contribution in [0.4, 0.5) is 10.1 Å². The Balaban J connectivity index is 1.34. The van der Waals surface area contributed by atoms with E-state index < -0.39 is 4.92 Å². The number of aromatic nitrogens is 2. The second kappa shape index (κ2) is 9.50. The van der Waals surface area contributed by atoms with Gasteiger partial charge in [0, 0.05) is 38.3 Å². The van der Waals surface area contributed by atoms with Gasteiger partial charge in [0.2, 0.25) is 0 Å². The molecule has 0 atom stereocenters. The fourth-order valence-corrected chi connectivity index (χ4v) is 4.22. The minimum absolute atomic E-state index is 0.0197. The lowest BCUT2D eigenvalue weighted by atomic mass is 10.1. The second-order valence-corrected chi connectivity index (χ2v) is 8.33. The minimum Gasteiger partial charge on any atom is -0.336 e. The molecule has 0 spiro atoms. The van der Waals surface area contributed by atoms with Gasteiger partial charge in [0.25, 0.3) is 5.91 Å². The number of piperazine rings is 1. The molecule has 9 heteroatoms. The summed E-state index contributed by atoms with van der Waals surface area (Å²) in [5, 5.41) is 15.5. The molecule has 2 aromatic carbocycles. The van der Waals surface area contributed by atoms with Crippen LogP contribution >= 0.6 is 0 Å². The summed E-state index contributed by atoms with van der Waals surface area (Å²) in [7, 11) is 0. The smallest absolute Gasteiger partial charge is 0.312 e. The van der Waals surface area contributed by atoms with Gasteiger partial charge in [0.1, 0.15) is 17.2 Å². The van der Waals surface area contributed by atoms with Crippen molar-refractivity contribution in [1.82, 2.24) is 19.6 Å². The topological polar surface area (TPSA) is 84.5 Å². The third-order valence-electron chi connectivity index (χ3n) is 6.01. The van der Waals surface area contributed by atoms with Crippen LogP contribution in [0.15, 0.2) is 48.5 Å². The van der Waals surface area contributed by atoms with Crippen LogP contribution in [0.3, 0.4) is 0 Å². The van der Waals surface area contributed by atoms with E-state index in [0.717, 1.165) is 24.2 Å². The van der Waals surface area contributed by atoms with E-state index in [2.05, 4.69) is 10.00 Å². The predicted molar refractivity (Wildman–Crippen MR) is 121 cm³/mol. The van der Waals surface area contributed by atoms with Crippen LogP contribution < -0.4 is 0 Å². The van der Waals surface area contributed by atoms with E-state index in [1.54, 1.807) is 42.8 Å². The van der Waals surface area contributed by atoms with Crippen molar-refractivity contribution < 1.29 is 14.1 Å². The van der Waals surface area contributed by atoms with E-state index in [1.165, 1.54) is 6.07 Å². The summed E-state index contributed by atoms with van der Waals surface area (Å²) in [6, 6.07) is 13.9. The molecule has 0 bridgehead atoms. The molecule has 1 aromatic heterocycles. The van der Waals surface area contributed by atoms with E-state index in [0.29, 0.717) is 43.1 Å². The van der Waals surface area contributed by atoms with Crippen molar-refractivity contribution in [2.45, 2.75) is 26.9 Å². The summed E-state index contributed by atoms with van der Waals surface area (Å²) in [6.07, 6.45) is 0. The zero-order chi connectivity index (χ0) is 23.5. The van der Waals surface area contributed by atoms with Crippen molar-refractivity contribution in [3.05, 3.63) is 92.5 Å². The highest BCUT2D eigenvalue weighted by Crippen LogP contribution is 2.23. The highest BCUT2D eigenvalue weighted by molar-refractivity contribution is 5.94. The van der Waals surface area contributed by atoms with Crippen molar-refractivity contribution in [2.24, 2.45) is 0 Å². The molecule has 0 unspecified atom stereocenters. The van der Waals surface area contributed by atoms with Gasteiger partial charge in [-0.1, -0.05) is 24.3 Å². The summed E-state index contributed by atoms with van der Waals surface area (Å²) >= 11 is 0. The Labute approximate surface area is 191 Å². The number of hydrogen-bond acceptors (Lipinski definition) is 5. The molecule has 1 aliphatic heterocycles. The fourth-order valence-electron chi connectivity index (χ4n) is 4.22. The second-order valence-electron chi connectivity index (χ2n) is 8.33. The van der Waals surface area contributed by atoms with Gasteiger partial charge >= 0.3 is 5.69 Å². The first-order valence-corrected chi connectivity index (χ1v) is 10.8. The van der Waals surface area contributed by atoms with E-state index in [1.807, 2.05) is 23.1 Å². The molecule has 0 saturated carbocycles. The molecule has 4 rings (SSSR count). The molecule has 0 radical (unpaired) electrons. The Bertz CT molecular complexity index is 1170. The third kappa shape index (κ3) is 5.09. The molecular weight excluding hydrogens is 425 g/mol. The van der Waals surface area contributed by atoms with E-state index in [4.69, 9.17) is 0 Å². The lowest BCUT2D eigenvalue weighted by molar-refractivity contribution is -0.386. The average Bonchev–Trinajstić information content (AvgIpc) is 3.07. The van der Waals surface area contributed by atoms with Crippen LogP contribution in [-0.4, -0.2) is 56.6 Å². The third-order valence-corrected chi connectivity index (χ3v) is 6.01. The summed E-state index contributed by atoms with van der Waals surface area (Å²) in [6.45, 7) is 7.07. The van der Waals surface area contributed by atoms with Crippen molar-refractivity contribution in [2.75, 3.05) is 26.2 Å². The molecule has 172 valence electrons. The van der Waals surface area contributed by atoms with Gasteiger partial charge in [0.05, 0.1) is 11.5 Å². The molecule has 1 aliphatic rings. The lowest BCUT2D eigenvalue weighted by Gasteiger charge is -2.34. The number of carbonyl (C=O) groups is 1. The van der Waals surface area contributed by atoms with Gasteiger partial charge in [-0.05, 0) is 49.2 Å². The van der Waals surface area contributed by atoms with Crippen molar-refractivity contribution in [3.63, 3.8) is 0 Å². The number of halogens is 1. The van der Waals surface area contributed by atoms with Crippen LogP contribution in [0.1, 0.15) is 32.9 Å². The highest BCUT2D eigenvalue weighted by Gasteiger charge is 2.23. The first-order valence-electron chi connectivity index (χ1n) is 10.8. The Morgan fingerprint density at radius 2 is 1.73 bits per heavy atom. The molecule has 0 aliphatic carbocycles. The van der Waals surface area contributed by atoms with Gasteiger partial charge in [-0.3, -0.25) is 24.5 Å². The minimum atomic E-state index is -0.409. The van der Waals surface area contributed by atoms with Crippen LogP contribution in [0.25, 0.3) is 0 Å². The van der Waals surface area contributed by atoms with Crippen molar-refractivity contribution >= 4 is 11.6 Å². The maximum Gasteiger partial charge on any atom is 0.312 e. The van der Waals surface area contributed by atoms with Crippen LogP contribution in [-0.2, 0) is 13.1 Å². The molecule has 8 nitrogen and oxygen atoms in total. The lowest BCUT2D eigenvalue weighted by Crippen LogP contribution is -2.48. The Kier molecular flexibility index (Phi) is 6.50. The van der Waals surface area contributed by atoms with Crippen LogP contribution in [0, 0.1) is 29.8 Å². The number of nitrogens with zero attached hydrogens (tertiary/aromatic N) is 5. The van der Waals surface area contributed by atoms with Crippen LogP contribution in [0.5, 0.6) is 0 Å². The Hall–Kier alpha value is -3.59. The van der Waals surface area contributed by atoms with E-state index >= 15 is 0 Å². The first-order chi connectivity index (χ1) is 15.8. The molecular formula is C24H26FN5O3. The molecule has 0 N–H and O–H groups in total. The summed E-state index contributed by atoms with van der Waals surface area (Å²) in [5.41, 5.74) is 3.38. The largest absolute Gasteiger partial charge is 0.336 e. The maximum absolute atomic E-state index is 13.4. The van der Waals surface area contributed by atoms with Crippen LogP contribution in [0.2, 0.25) is 0 Å². The molecule has 2 heterocycles. The highest BCUT2D eigenvalue weighted by atomic mass is 19.1. The molecule has 1 amide bonds. The normalized spacial score (nSPS) is 14.5. The maximum atomic E-state index is 13.4. The van der Waals surface area contributed by atoms with Crippen molar-refractivity contribution in [3.8, 4) is 0 Å². The average molecular weight is 452 g/mol. The number of rotatable bonds is 6. The standard InChI is InChI=1S/C24H26FN5O3/c1-17-23(30(32)33)18(2)29(26-17)16-19-6-8-21(9-7-19)24(31)28-12-10-27(11-13-28)15-20-4-3-5-22(25)14-20/h3-9,14H,10-13,15-16H2,1-2H3. The molecule has 3 aromatic rings. The number of benzene rings is 2. The monoisotopic (exact) mass is 451 g/mol. The number of hydrogen-bond donors (Lipinski definition) is 0. The van der Waals surface area contributed by atoms with E-state index in [9.17, 15) is 19.3 Å². The van der Waals surface area contributed by atoms with E-state index in [-0.39, 0.29) is 17.4 Å². The quantitative estimate of drug-likeness (QED) is 0.423. The molecule has 1 saturated heterocycles. The predicted octanol–water partition coefficient (Wildman–Crippen LogP) is 3.55. The van der Waals surface area contributed by atoms with Gasteiger partial charge < -0.3 is 4.90 Å². The summed E-state index contributed by atoms with van der Waals surface area (Å²) < 4.78 is 15.0.